The van der Waals surface area contributed by atoms with Gasteiger partial charge in [0, 0.05) is 12.5 Å². The second-order valence-electron chi connectivity index (χ2n) is 6.24. The topological polar surface area (TPSA) is 54.9 Å². The van der Waals surface area contributed by atoms with Crippen molar-refractivity contribution in [3.63, 3.8) is 0 Å². The van der Waals surface area contributed by atoms with Crippen molar-refractivity contribution in [2.24, 2.45) is 0 Å². The number of hydrogen-bond donors (Lipinski definition) is 1. The average molecular weight is 317 g/mol. The number of benzene rings is 2. The highest BCUT2D eigenvalue weighted by Gasteiger charge is 2.20. The predicted molar refractivity (Wildman–Crippen MR) is 94.0 cm³/mol. The number of rotatable bonds is 3. The Morgan fingerprint density at radius 2 is 1.88 bits per heavy atom. The number of nitrogens with zero attached hydrogens (tertiary/aromatic N) is 2. The Morgan fingerprint density at radius 3 is 2.79 bits per heavy atom. The lowest BCUT2D eigenvalue weighted by atomic mass is 9.83. The van der Waals surface area contributed by atoms with Gasteiger partial charge in [-0.05, 0) is 42.5 Å². The molecule has 1 heterocycles. The highest BCUT2D eigenvalue weighted by molar-refractivity contribution is 5.93. The first kappa shape index (κ1) is 14.8. The number of nitrogens with one attached hydrogen (secondary N) is 1. The summed E-state index contributed by atoms with van der Waals surface area (Å²) in [5, 5.41) is 3.03. The van der Waals surface area contributed by atoms with Crippen LogP contribution in [0.4, 0.5) is 0 Å². The zero-order valence-corrected chi connectivity index (χ0v) is 13.4. The molecule has 0 saturated carbocycles. The van der Waals surface area contributed by atoms with E-state index in [0.717, 1.165) is 23.9 Å². The number of hydrogen-bond acceptors (Lipinski definition) is 3. The maximum atomic E-state index is 12.4. The molecule has 1 N–H and O–H groups in total. The first-order valence-corrected chi connectivity index (χ1v) is 8.39. The fourth-order valence-corrected chi connectivity index (χ4v) is 3.44. The molecular weight excluding hydrogens is 298 g/mol. The van der Waals surface area contributed by atoms with Crippen molar-refractivity contribution < 1.29 is 4.79 Å². The van der Waals surface area contributed by atoms with Crippen LogP contribution in [0.25, 0.3) is 11.0 Å². The highest BCUT2D eigenvalue weighted by atomic mass is 16.1. The molecule has 0 fully saturated rings. The van der Waals surface area contributed by atoms with E-state index >= 15 is 0 Å². The van der Waals surface area contributed by atoms with Crippen LogP contribution in [-0.4, -0.2) is 22.4 Å². The summed E-state index contributed by atoms with van der Waals surface area (Å²) >= 11 is 0. The monoisotopic (exact) mass is 317 g/mol. The van der Waals surface area contributed by atoms with Crippen molar-refractivity contribution in [1.29, 1.82) is 0 Å². The second kappa shape index (κ2) is 6.40. The summed E-state index contributed by atoms with van der Waals surface area (Å²) in [7, 11) is 0. The molecule has 1 aromatic heterocycles. The Kier molecular flexibility index (Phi) is 3.95. The van der Waals surface area contributed by atoms with Crippen molar-refractivity contribution in [3.05, 3.63) is 71.5 Å². The Morgan fingerprint density at radius 1 is 1.08 bits per heavy atom. The molecule has 4 nitrogen and oxygen atoms in total. The molecule has 1 unspecified atom stereocenters. The van der Waals surface area contributed by atoms with E-state index in [1.165, 1.54) is 17.5 Å². The summed E-state index contributed by atoms with van der Waals surface area (Å²) in [4.78, 5) is 21.1. The molecule has 4 heteroatoms. The minimum Gasteiger partial charge on any atom is -0.350 e. The normalized spacial score (nSPS) is 16.6. The zero-order valence-electron chi connectivity index (χ0n) is 13.4. The van der Waals surface area contributed by atoms with Crippen LogP contribution in [0, 0.1) is 0 Å². The van der Waals surface area contributed by atoms with Gasteiger partial charge in [0.25, 0.3) is 5.91 Å². The maximum absolute atomic E-state index is 12.4. The minimum absolute atomic E-state index is 0.156. The van der Waals surface area contributed by atoms with Crippen molar-refractivity contribution in [1.82, 2.24) is 15.3 Å². The van der Waals surface area contributed by atoms with Crippen LogP contribution in [0.1, 0.15) is 40.4 Å². The molecule has 2 aromatic carbocycles. The van der Waals surface area contributed by atoms with Crippen LogP contribution in [0.5, 0.6) is 0 Å². The van der Waals surface area contributed by atoms with Crippen LogP contribution >= 0.6 is 0 Å². The predicted octanol–water partition coefficient (Wildman–Crippen LogP) is 3.48. The van der Waals surface area contributed by atoms with Crippen molar-refractivity contribution >= 4 is 16.9 Å². The summed E-state index contributed by atoms with van der Waals surface area (Å²) in [5.41, 5.74) is 4.70. The average Bonchev–Trinajstić information content (AvgIpc) is 2.65. The largest absolute Gasteiger partial charge is 0.350 e. The molecule has 4 rings (SSSR count). The molecular formula is C20H19N3O. The lowest BCUT2D eigenvalue weighted by Gasteiger charge is -2.25. The van der Waals surface area contributed by atoms with E-state index in [-0.39, 0.29) is 5.91 Å². The molecule has 0 aliphatic heterocycles. The lowest BCUT2D eigenvalue weighted by molar-refractivity contribution is 0.0945. The van der Waals surface area contributed by atoms with E-state index in [2.05, 4.69) is 39.6 Å². The van der Waals surface area contributed by atoms with Crippen LogP contribution < -0.4 is 5.32 Å². The Labute approximate surface area is 141 Å². The zero-order chi connectivity index (χ0) is 16.4. The van der Waals surface area contributed by atoms with Gasteiger partial charge in [0.05, 0.1) is 17.2 Å². The van der Waals surface area contributed by atoms with Gasteiger partial charge in [0.1, 0.15) is 5.69 Å². The molecule has 24 heavy (non-hydrogen) atoms. The van der Waals surface area contributed by atoms with E-state index in [4.69, 9.17) is 0 Å². The molecule has 3 aromatic rings. The van der Waals surface area contributed by atoms with E-state index in [1.807, 2.05) is 24.3 Å². The molecule has 0 saturated heterocycles. The number of aryl methyl sites for hydroxylation is 1. The molecule has 0 bridgehead atoms. The van der Waals surface area contributed by atoms with E-state index < -0.39 is 0 Å². The van der Waals surface area contributed by atoms with Crippen molar-refractivity contribution in [2.45, 2.75) is 25.2 Å². The maximum Gasteiger partial charge on any atom is 0.271 e. The van der Waals surface area contributed by atoms with Gasteiger partial charge in [0.15, 0.2) is 0 Å². The molecule has 1 atom stereocenters. The summed E-state index contributed by atoms with van der Waals surface area (Å²) in [6.07, 6.45) is 4.97. The Hall–Kier alpha value is -2.75. The van der Waals surface area contributed by atoms with Crippen molar-refractivity contribution in [2.75, 3.05) is 6.54 Å². The summed E-state index contributed by atoms with van der Waals surface area (Å²) in [5.74, 6) is 0.226. The van der Waals surface area contributed by atoms with Crippen molar-refractivity contribution in [3.8, 4) is 0 Å². The third-order valence-electron chi connectivity index (χ3n) is 4.68. The van der Waals surface area contributed by atoms with Crippen LogP contribution in [-0.2, 0) is 6.42 Å². The van der Waals surface area contributed by atoms with Gasteiger partial charge in [-0.15, -0.1) is 0 Å². The quantitative estimate of drug-likeness (QED) is 0.804. The third kappa shape index (κ3) is 2.87. The van der Waals surface area contributed by atoms with Gasteiger partial charge in [-0.3, -0.25) is 9.78 Å². The van der Waals surface area contributed by atoms with E-state index in [9.17, 15) is 4.79 Å². The third-order valence-corrected chi connectivity index (χ3v) is 4.68. The van der Waals surface area contributed by atoms with Gasteiger partial charge in [-0.1, -0.05) is 36.4 Å². The molecule has 1 aliphatic carbocycles. The Balaban J connectivity index is 1.48. The number of aromatic nitrogens is 2. The van der Waals surface area contributed by atoms with Crippen LogP contribution in [0.3, 0.4) is 0 Å². The second-order valence-corrected chi connectivity index (χ2v) is 6.24. The van der Waals surface area contributed by atoms with Gasteiger partial charge in [0.2, 0.25) is 0 Å². The smallest absolute Gasteiger partial charge is 0.271 e. The number of carbonyl (C=O) groups is 1. The molecule has 0 spiro atoms. The van der Waals surface area contributed by atoms with E-state index in [0.29, 0.717) is 18.2 Å². The Bertz CT molecular complexity index is 891. The first-order chi connectivity index (χ1) is 11.8. The van der Waals surface area contributed by atoms with Crippen LogP contribution in [0.2, 0.25) is 0 Å². The lowest BCUT2D eigenvalue weighted by Crippen LogP contribution is -2.30. The molecule has 1 amide bonds. The summed E-state index contributed by atoms with van der Waals surface area (Å²) < 4.78 is 0. The van der Waals surface area contributed by atoms with E-state index in [1.54, 1.807) is 6.20 Å². The molecule has 120 valence electrons. The molecule has 1 aliphatic rings. The number of fused-ring (bicyclic) bond motifs is 2. The fraction of sp³-hybridized carbons (Fsp3) is 0.250. The van der Waals surface area contributed by atoms with Gasteiger partial charge < -0.3 is 5.32 Å². The number of amides is 1. The fourth-order valence-electron chi connectivity index (χ4n) is 3.44. The van der Waals surface area contributed by atoms with Gasteiger partial charge in [-0.25, -0.2) is 4.98 Å². The van der Waals surface area contributed by atoms with Gasteiger partial charge in [-0.2, -0.15) is 0 Å². The molecule has 0 radical (unpaired) electrons. The van der Waals surface area contributed by atoms with Crippen LogP contribution in [0.15, 0.2) is 54.7 Å². The number of para-hydroxylation sites is 2. The summed E-state index contributed by atoms with van der Waals surface area (Å²) in [6.45, 7) is 0.643. The standard InChI is InChI=1S/C20H19N3O/c24-20(19-13-21-17-10-3-4-11-18(17)23-19)22-12-15-8-5-7-14-6-1-2-9-16(14)15/h1-4,6,9-11,13,15H,5,7-8,12H2,(H,22,24). The highest BCUT2D eigenvalue weighted by Crippen LogP contribution is 2.30. The minimum atomic E-state index is -0.156. The number of carbonyl (C=O) groups excluding carboxylic acids is 1. The first-order valence-electron chi connectivity index (χ1n) is 8.39. The summed E-state index contributed by atoms with van der Waals surface area (Å²) in [6, 6.07) is 16.1. The van der Waals surface area contributed by atoms with Gasteiger partial charge >= 0.3 is 0 Å². The SMILES string of the molecule is O=C(NCC1CCCc2ccccc21)c1cnc2ccccc2n1.